The molecule has 0 amide bonds. The van der Waals surface area contributed by atoms with Gasteiger partial charge in [-0.3, -0.25) is 4.79 Å². The molecule has 1 aromatic heterocycles. The van der Waals surface area contributed by atoms with E-state index in [4.69, 9.17) is 5.10 Å². The van der Waals surface area contributed by atoms with Crippen molar-refractivity contribution in [3.8, 4) is 34.1 Å². The molecule has 176 valence electrons. The normalized spacial score (nSPS) is 20.8. The van der Waals surface area contributed by atoms with Crippen LogP contribution in [0.25, 0.3) is 28.1 Å². The van der Waals surface area contributed by atoms with Gasteiger partial charge in [0.2, 0.25) is 0 Å². The van der Waals surface area contributed by atoms with Crippen molar-refractivity contribution in [3.05, 3.63) is 108 Å². The molecule has 4 aromatic rings. The molecule has 0 saturated heterocycles. The molecule has 2 aliphatic rings. The number of hydrogen-bond donors (Lipinski definition) is 0. The van der Waals surface area contributed by atoms with Gasteiger partial charge < -0.3 is 0 Å². The Kier molecular flexibility index (Phi) is 5.38. The van der Waals surface area contributed by atoms with E-state index in [9.17, 15) is 10.1 Å². The molecule has 0 saturated carbocycles. The maximum absolute atomic E-state index is 15.1. The molecule has 0 fully saturated rings. The second-order valence-corrected chi connectivity index (χ2v) is 9.59. The lowest BCUT2D eigenvalue weighted by Crippen LogP contribution is -2.34. The predicted molar refractivity (Wildman–Crippen MR) is 137 cm³/mol. The maximum atomic E-state index is 15.1. The second-order valence-electron chi connectivity index (χ2n) is 9.59. The number of carbonyl (C=O) groups is 1. The van der Waals surface area contributed by atoms with Crippen LogP contribution in [0.2, 0.25) is 0 Å². The summed E-state index contributed by atoms with van der Waals surface area (Å²) in [5, 5.41) is 14.6. The van der Waals surface area contributed by atoms with E-state index in [1.807, 2.05) is 60.1 Å². The lowest BCUT2D eigenvalue weighted by Gasteiger charge is -2.36. The van der Waals surface area contributed by atoms with Crippen molar-refractivity contribution < 1.29 is 9.18 Å². The van der Waals surface area contributed by atoms with Crippen LogP contribution in [-0.4, -0.2) is 15.6 Å². The fourth-order valence-electron chi connectivity index (χ4n) is 5.77. The Morgan fingerprint density at radius 3 is 2.39 bits per heavy atom. The zero-order valence-electron chi connectivity index (χ0n) is 19.9. The molecule has 0 radical (unpaired) electrons. The third kappa shape index (κ3) is 3.49. The van der Waals surface area contributed by atoms with Crippen LogP contribution >= 0.6 is 0 Å². The van der Waals surface area contributed by atoms with Gasteiger partial charge in [-0.1, -0.05) is 67.6 Å². The highest BCUT2D eigenvalue weighted by molar-refractivity contribution is 6.01. The average Bonchev–Trinajstić information content (AvgIpc) is 3.31. The van der Waals surface area contributed by atoms with Crippen LogP contribution in [0.3, 0.4) is 0 Å². The summed E-state index contributed by atoms with van der Waals surface area (Å²) in [6, 6.07) is 27.1. The number of Topliss-reactive ketones (excluding diaryl/α,β-unsaturated/α-hetero) is 1. The monoisotopic (exact) mass is 473 g/mol. The van der Waals surface area contributed by atoms with Crippen LogP contribution in [0.1, 0.15) is 30.5 Å². The van der Waals surface area contributed by atoms with Crippen LogP contribution in [0.4, 0.5) is 4.39 Å². The minimum atomic E-state index is -0.301. The lowest BCUT2D eigenvalue weighted by atomic mass is 9.66. The maximum Gasteiger partial charge on any atom is 0.176 e. The molecule has 0 spiro atoms. The SMILES string of the molecule is CC1C(=O)C(C#N)=CC2c3nn(-c4ccc(-c5ccccc5)cc4)c(-c4ccccc4F)c3CCC12. The fourth-order valence-corrected chi connectivity index (χ4v) is 5.77. The summed E-state index contributed by atoms with van der Waals surface area (Å²) in [5.41, 5.74) is 6.31. The van der Waals surface area contributed by atoms with Gasteiger partial charge in [0.05, 0.1) is 22.6 Å². The standard InChI is InChI=1S/C31H24FN3O/c1-19-24-15-16-26-29(27(24)17-22(18-33)31(19)36)34-35(30(26)25-9-5-6-10-28(25)32)23-13-11-21(12-14-23)20-7-3-2-4-8-20/h2-14,17,19,24,27H,15-16H2,1H3. The smallest absolute Gasteiger partial charge is 0.176 e. The van der Waals surface area contributed by atoms with Gasteiger partial charge in [0, 0.05) is 23.0 Å². The number of halogens is 1. The number of ketones is 1. The van der Waals surface area contributed by atoms with E-state index in [1.165, 1.54) is 6.07 Å². The topological polar surface area (TPSA) is 58.7 Å². The van der Waals surface area contributed by atoms with Gasteiger partial charge in [0.1, 0.15) is 11.9 Å². The second kappa shape index (κ2) is 8.73. The zero-order valence-corrected chi connectivity index (χ0v) is 19.9. The highest BCUT2D eigenvalue weighted by Crippen LogP contribution is 2.48. The number of rotatable bonds is 3. The van der Waals surface area contributed by atoms with Crippen molar-refractivity contribution in [2.24, 2.45) is 11.8 Å². The fraction of sp³-hybridized carbons (Fsp3) is 0.194. The Hall–Kier alpha value is -4.30. The highest BCUT2D eigenvalue weighted by Gasteiger charge is 2.43. The first-order chi connectivity index (χ1) is 17.6. The summed E-state index contributed by atoms with van der Waals surface area (Å²) in [7, 11) is 0. The summed E-state index contributed by atoms with van der Waals surface area (Å²) >= 11 is 0. The first-order valence-corrected chi connectivity index (χ1v) is 12.3. The molecule has 4 nitrogen and oxygen atoms in total. The predicted octanol–water partition coefficient (Wildman–Crippen LogP) is 6.66. The Labute approximate surface area is 209 Å². The molecule has 5 heteroatoms. The summed E-state index contributed by atoms with van der Waals surface area (Å²) in [4.78, 5) is 12.7. The molecule has 3 aromatic carbocycles. The first-order valence-electron chi connectivity index (χ1n) is 12.3. The number of nitriles is 1. The van der Waals surface area contributed by atoms with Gasteiger partial charge in [-0.05, 0) is 54.2 Å². The third-order valence-electron chi connectivity index (χ3n) is 7.66. The van der Waals surface area contributed by atoms with Crippen molar-refractivity contribution in [2.45, 2.75) is 25.7 Å². The minimum absolute atomic E-state index is 0.0828. The van der Waals surface area contributed by atoms with E-state index in [0.717, 1.165) is 40.2 Å². The summed E-state index contributed by atoms with van der Waals surface area (Å²) in [6.45, 7) is 1.91. The molecule has 36 heavy (non-hydrogen) atoms. The molecule has 0 bridgehead atoms. The Morgan fingerprint density at radius 2 is 1.67 bits per heavy atom. The van der Waals surface area contributed by atoms with E-state index in [-0.39, 0.29) is 34.9 Å². The van der Waals surface area contributed by atoms with E-state index >= 15 is 4.39 Å². The van der Waals surface area contributed by atoms with E-state index < -0.39 is 0 Å². The first kappa shape index (κ1) is 22.2. The number of aromatic nitrogens is 2. The number of allylic oxidation sites excluding steroid dienone is 2. The molecule has 0 N–H and O–H groups in total. The van der Waals surface area contributed by atoms with Crippen molar-refractivity contribution in [2.75, 3.05) is 0 Å². The average molecular weight is 474 g/mol. The Bertz CT molecular complexity index is 1540. The van der Waals surface area contributed by atoms with Crippen molar-refractivity contribution in [1.29, 1.82) is 5.26 Å². The van der Waals surface area contributed by atoms with Crippen LogP contribution in [0.15, 0.2) is 90.5 Å². The number of benzene rings is 3. The largest absolute Gasteiger partial charge is 0.293 e. The van der Waals surface area contributed by atoms with E-state index in [1.54, 1.807) is 18.2 Å². The van der Waals surface area contributed by atoms with Gasteiger partial charge in [0.25, 0.3) is 0 Å². The summed E-state index contributed by atoms with van der Waals surface area (Å²) < 4.78 is 17.0. The van der Waals surface area contributed by atoms with Crippen LogP contribution in [0.5, 0.6) is 0 Å². The molecular formula is C31H24FN3O. The number of fused-ring (bicyclic) bond motifs is 3. The lowest BCUT2D eigenvalue weighted by molar-refractivity contribution is -0.120. The van der Waals surface area contributed by atoms with Gasteiger partial charge in [-0.25, -0.2) is 9.07 Å². The van der Waals surface area contributed by atoms with Gasteiger partial charge in [0.15, 0.2) is 5.78 Å². The van der Waals surface area contributed by atoms with Gasteiger partial charge in [-0.2, -0.15) is 10.4 Å². The highest BCUT2D eigenvalue weighted by atomic mass is 19.1. The zero-order chi connectivity index (χ0) is 24.8. The van der Waals surface area contributed by atoms with E-state index in [0.29, 0.717) is 12.0 Å². The van der Waals surface area contributed by atoms with Crippen LogP contribution < -0.4 is 0 Å². The van der Waals surface area contributed by atoms with E-state index in [2.05, 4.69) is 18.2 Å². The van der Waals surface area contributed by atoms with Gasteiger partial charge in [-0.15, -0.1) is 0 Å². The van der Waals surface area contributed by atoms with Crippen LogP contribution in [0, 0.1) is 29.0 Å². The molecule has 3 atom stereocenters. The van der Waals surface area contributed by atoms with Crippen molar-refractivity contribution in [3.63, 3.8) is 0 Å². The third-order valence-corrected chi connectivity index (χ3v) is 7.66. The summed E-state index contributed by atoms with van der Waals surface area (Å²) in [6.07, 6.45) is 3.28. The number of carbonyl (C=O) groups excluding carboxylic acids is 1. The van der Waals surface area contributed by atoms with Gasteiger partial charge >= 0.3 is 0 Å². The summed E-state index contributed by atoms with van der Waals surface area (Å²) in [5.74, 6) is -0.696. The molecule has 1 heterocycles. The molecule has 2 aliphatic carbocycles. The quantitative estimate of drug-likeness (QED) is 0.334. The van der Waals surface area contributed by atoms with Crippen LogP contribution in [-0.2, 0) is 11.2 Å². The minimum Gasteiger partial charge on any atom is -0.293 e. The number of hydrogen-bond acceptors (Lipinski definition) is 3. The van der Waals surface area contributed by atoms with Crippen molar-refractivity contribution in [1.82, 2.24) is 9.78 Å². The Morgan fingerprint density at radius 1 is 0.972 bits per heavy atom. The number of nitrogens with zero attached hydrogens (tertiary/aromatic N) is 3. The molecule has 6 rings (SSSR count). The molecule has 3 unspecified atom stereocenters. The molecular weight excluding hydrogens is 449 g/mol. The Balaban J connectivity index is 1.54. The molecule has 0 aliphatic heterocycles. The van der Waals surface area contributed by atoms with Crippen molar-refractivity contribution >= 4 is 5.78 Å².